The lowest BCUT2D eigenvalue weighted by molar-refractivity contribution is 0.168. The van der Waals surface area contributed by atoms with Gasteiger partial charge in [-0.15, -0.1) is 0 Å². The number of aromatic nitrogens is 5. The van der Waals surface area contributed by atoms with Crippen LogP contribution in [0.1, 0.15) is 6.92 Å². The number of carbonyl (C=O) groups is 1. The molecule has 0 aliphatic carbocycles. The van der Waals surface area contributed by atoms with Crippen LogP contribution >= 0.6 is 0 Å². The molecule has 5 aromatic rings. The lowest BCUT2D eigenvalue weighted by Crippen LogP contribution is -2.14. The molecule has 176 valence electrons. The maximum Gasteiger partial charge on any atom is 0.412 e. The predicted octanol–water partition coefficient (Wildman–Crippen LogP) is 5.31. The van der Waals surface area contributed by atoms with E-state index in [4.69, 9.17) is 4.74 Å². The van der Waals surface area contributed by atoms with Crippen molar-refractivity contribution in [1.82, 2.24) is 24.1 Å². The van der Waals surface area contributed by atoms with Gasteiger partial charge >= 0.3 is 6.09 Å². The van der Waals surface area contributed by atoms with Crippen molar-refractivity contribution in [2.24, 2.45) is 7.05 Å². The summed E-state index contributed by atoms with van der Waals surface area (Å²) in [4.78, 5) is 20.9. The first-order chi connectivity index (χ1) is 16.9. The molecule has 35 heavy (non-hydrogen) atoms. The number of amides is 1. The SMILES string of the molecule is CCOC(=O)Nc1cc(-c2cnc3cc(-c4cnn(C)c4)ccn23)cc(-c2ccc(F)cc2F)n1. The number of nitrogens with zero attached hydrogens (tertiary/aromatic N) is 5. The minimum atomic E-state index is -0.768. The number of benzene rings is 1. The van der Waals surface area contributed by atoms with Gasteiger partial charge in [0, 0.05) is 42.2 Å². The average Bonchev–Trinajstić information content (AvgIpc) is 3.44. The Morgan fingerprint density at radius 2 is 1.91 bits per heavy atom. The summed E-state index contributed by atoms with van der Waals surface area (Å²) in [6.07, 6.45) is 6.54. The average molecular weight is 474 g/mol. The van der Waals surface area contributed by atoms with Gasteiger partial charge in [0.25, 0.3) is 0 Å². The molecule has 0 radical (unpaired) electrons. The van der Waals surface area contributed by atoms with E-state index in [1.165, 1.54) is 6.07 Å². The Hall–Kier alpha value is -4.60. The molecule has 10 heteroatoms. The molecule has 0 aliphatic heterocycles. The Balaban J connectivity index is 1.61. The highest BCUT2D eigenvalue weighted by atomic mass is 19.1. The van der Waals surface area contributed by atoms with Crippen LogP contribution in [-0.2, 0) is 11.8 Å². The summed E-state index contributed by atoms with van der Waals surface area (Å²) in [6.45, 7) is 1.86. The fraction of sp³-hybridized carbons (Fsp3) is 0.120. The van der Waals surface area contributed by atoms with Gasteiger partial charge in [-0.2, -0.15) is 5.10 Å². The maximum absolute atomic E-state index is 14.6. The van der Waals surface area contributed by atoms with Crippen LogP contribution in [0.4, 0.5) is 19.4 Å². The summed E-state index contributed by atoms with van der Waals surface area (Å²) in [7, 11) is 1.85. The van der Waals surface area contributed by atoms with Gasteiger partial charge in [-0.25, -0.2) is 23.5 Å². The minimum absolute atomic E-state index is 0.0906. The van der Waals surface area contributed by atoms with Crippen LogP contribution in [0, 0.1) is 11.6 Å². The zero-order valence-corrected chi connectivity index (χ0v) is 18.9. The largest absolute Gasteiger partial charge is 0.450 e. The lowest BCUT2D eigenvalue weighted by Gasteiger charge is -2.11. The molecule has 4 aromatic heterocycles. The zero-order chi connectivity index (χ0) is 24.5. The van der Waals surface area contributed by atoms with Crippen LogP contribution in [-0.4, -0.2) is 36.8 Å². The molecular formula is C25H20F2N6O2. The van der Waals surface area contributed by atoms with Crippen LogP contribution in [0.5, 0.6) is 0 Å². The van der Waals surface area contributed by atoms with Gasteiger partial charge < -0.3 is 4.74 Å². The number of ether oxygens (including phenoxy) is 1. The third-order valence-corrected chi connectivity index (χ3v) is 5.39. The van der Waals surface area contributed by atoms with Crippen LogP contribution in [0.25, 0.3) is 39.3 Å². The highest BCUT2D eigenvalue weighted by Gasteiger charge is 2.16. The molecule has 8 nitrogen and oxygen atoms in total. The molecule has 4 heterocycles. The Labute approximate surface area is 198 Å². The summed E-state index contributed by atoms with van der Waals surface area (Å²) in [6, 6.07) is 10.4. The van der Waals surface area contributed by atoms with Crippen LogP contribution < -0.4 is 5.32 Å². The first-order valence-electron chi connectivity index (χ1n) is 10.8. The van der Waals surface area contributed by atoms with Gasteiger partial charge in [-0.3, -0.25) is 14.4 Å². The van der Waals surface area contributed by atoms with E-state index in [1.807, 2.05) is 36.0 Å². The number of halogens is 2. The first-order valence-corrected chi connectivity index (χ1v) is 10.8. The van der Waals surface area contributed by atoms with Crippen molar-refractivity contribution >= 4 is 17.6 Å². The van der Waals surface area contributed by atoms with Crippen molar-refractivity contribution in [3.63, 3.8) is 0 Å². The number of pyridine rings is 2. The molecule has 1 N–H and O–H groups in total. The van der Waals surface area contributed by atoms with E-state index in [0.29, 0.717) is 16.9 Å². The van der Waals surface area contributed by atoms with Crippen molar-refractivity contribution in [2.75, 3.05) is 11.9 Å². The Kier molecular flexibility index (Phi) is 5.69. The monoisotopic (exact) mass is 474 g/mol. The molecule has 0 fully saturated rings. The zero-order valence-electron chi connectivity index (χ0n) is 18.9. The number of aryl methyl sites for hydroxylation is 1. The van der Waals surface area contributed by atoms with Gasteiger partial charge in [0.1, 0.15) is 23.1 Å². The van der Waals surface area contributed by atoms with Crippen molar-refractivity contribution in [2.45, 2.75) is 6.92 Å². The molecule has 0 unspecified atom stereocenters. The summed E-state index contributed by atoms with van der Waals surface area (Å²) in [5.74, 6) is -1.31. The first kappa shape index (κ1) is 22.2. The minimum Gasteiger partial charge on any atom is -0.450 e. The van der Waals surface area contributed by atoms with Gasteiger partial charge in [-0.1, -0.05) is 0 Å². The van der Waals surface area contributed by atoms with Crippen LogP contribution in [0.2, 0.25) is 0 Å². The fourth-order valence-electron chi connectivity index (χ4n) is 3.79. The van der Waals surface area contributed by atoms with E-state index < -0.39 is 17.7 Å². The summed E-state index contributed by atoms with van der Waals surface area (Å²) < 4.78 is 36.6. The molecule has 1 aromatic carbocycles. The topological polar surface area (TPSA) is 86.3 Å². The van der Waals surface area contributed by atoms with Crippen LogP contribution in [0.3, 0.4) is 0 Å². The lowest BCUT2D eigenvalue weighted by atomic mass is 10.1. The number of carbonyl (C=O) groups excluding carboxylic acids is 1. The van der Waals surface area contributed by atoms with E-state index in [9.17, 15) is 13.6 Å². The Bertz CT molecular complexity index is 1560. The molecule has 5 rings (SSSR count). The molecule has 0 saturated carbocycles. The third kappa shape index (κ3) is 4.45. The van der Waals surface area contributed by atoms with Crippen molar-refractivity contribution < 1.29 is 18.3 Å². The molecule has 0 atom stereocenters. The van der Waals surface area contributed by atoms with Crippen molar-refractivity contribution in [3.05, 3.63) is 78.9 Å². The van der Waals surface area contributed by atoms with Gasteiger partial charge in [0.15, 0.2) is 0 Å². The number of fused-ring (bicyclic) bond motifs is 1. The number of anilines is 1. The molecule has 0 saturated heterocycles. The Morgan fingerprint density at radius 1 is 1.06 bits per heavy atom. The van der Waals surface area contributed by atoms with E-state index >= 15 is 0 Å². The van der Waals surface area contributed by atoms with Crippen molar-refractivity contribution in [1.29, 1.82) is 0 Å². The highest BCUT2D eigenvalue weighted by molar-refractivity contribution is 5.85. The quantitative estimate of drug-likeness (QED) is 0.373. The van der Waals surface area contributed by atoms with Gasteiger partial charge in [0.05, 0.1) is 30.4 Å². The molecule has 0 spiro atoms. The number of nitrogens with one attached hydrogen (secondary N) is 1. The molecule has 1 amide bonds. The fourth-order valence-corrected chi connectivity index (χ4v) is 3.79. The van der Waals surface area contributed by atoms with Gasteiger partial charge in [-0.05, 0) is 48.9 Å². The van der Waals surface area contributed by atoms with E-state index in [0.717, 1.165) is 23.3 Å². The third-order valence-electron chi connectivity index (χ3n) is 5.39. The number of imidazole rings is 1. The predicted molar refractivity (Wildman–Crippen MR) is 127 cm³/mol. The van der Waals surface area contributed by atoms with E-state index in [2.05, 4.69) is 20.4 Å². The summed E-state index contributed by atoms with van der Waals surface area (Å²) in [5.41, 5.74) is 4.21. The second kappa shape index (κ2) is 8.98. The van der Waals surface area contributed by atoms with Crippen molar-refractivity contribution in [3.8, 4) is 33.6 Å². The standard InChI is InChI=1S/C25H20F2N6O2/c1-3-35-25(34)31-23-9-16(8-21(30-23)19-5-4-18(26)11-20(19)27)22-13-28-24-10-15(6-7-33(22)24)17-12-29-32(2)14-17/h4-14H,3H2,1-2H3,(H,30,31,34). The van der Waals surface area contributed by atoms with E-state index in [1.54, 1.807) is 36.1 Å². The van der Waals surface area contributed by atoms with Gasteiger partial charge in [0.2, 0.25) is 0 Å². The molecule has 0 bridgehead atoms. The molecule has 0 aliphatic rings. The normalized spacial score (nSPS) is 11.1. The number of hydrogen-bond acceptors (Lipinski definition) is 5. The second-order valence-electron chi connectivity index (χ2n) is 7.79. The summed E-state index contributed by atoms with van der Waals surface area (Å²) >= 11 is 0. The maximum atomic E-state index is 14.6. The van der Waals surface area contributed by atoms with Crippen LogP contribution in [0.15, 0.2) is 67.3 Å². The second-order valence-corrected chi connectivity index (χ2v) is 7.79. The van der Waals surface area contributed by atoms with E-state index in [-0.39, 0.29) is 23.7 Å². The molecular weight excluding hydrogens is 454 g/mol. The highest BCUT2D eigenvalue weighted by Crippen LogP contribution is 2.31. The smallest absolute Gasteiger partial charge is 0.412 e. The number of rotatable bonds is 5. The summed E-state index contributed by atoms with van der Waals surface area (Å²) in [5, 5.41) is 6.77. The number of hydrogen-bond donors (Lipinski definition) is 1. The Morgan fingerprint density at radius 3 is 2.66 bits per heavy atom.